The molecule has 0 aromatic carbocycles. The molecule has 0 radical (unpaired) electrons. The van der Waals surface area contributed by atoms with E-state index in [1.54, 1.807) is 6.92 Å². The van der Waals surface area contributed by atoms with Crippen molar-refractivity contribution < 1.29 is 17.9 Å². The summed E-state index contributed by atoms with van der Waals surface area (Å²) < 4.78 is 26.1. The molecular weight excluding hydrogens is 216 g/mol. The molecule has 0 amide bonds. The zero-order valence-electron chi connectivity index (χ0n) is 7.41. The molecule has 0 N–H and O–H groups in total. The van der Waals surface area contributed by atoms with Crippen LogP contribution in [0.15, 0.2) is 12.2 Å². The third-order valence-electron chi connectivity index (χ3n) is 1.23. The molecule has 0 spiro atoms. The molecule has 0 fully saturated rings. The second kappa shape index (κ2) is 4.62. The summed E-state index contributed by atoms with van der Waals surface area (Å²) in [6.45, 7) is 6.29. The van der Waals surface area contributed by atoms with Crippen LogP contribution in [0.2, 0.25) is 0 Å². The van der Waals surface area contributed by atoms with Gasteiger partial charge in [-0.15, -0.1) is 0 Å². The first kappa shape index (κ1) is 12.4. The largest absolute Gasteiger partial charge is 0.441 e. The molecule has 0 aliphatic heterocycles. The van der Waals surface area contributed by atoms with Gasteiger partial charge in [-0.05, 0) is 13.3 Å². The molecule has 0 saturated carbocycles. The molecule has 0 bridgehead atoms. The normalized spacial score (nSPS) is 13.5. The summed E-state index contributed by atoms with van der Waals surface area (Å²) in [5.41, 5.74) is -1.16. The van der Waals surface area contributed by atoms with Gasteiger partial charge in [0.25, 0.3) is 9.05 Å². The number of carbonyl (C=O) groups is 1. The van der Waals surface area contributed by atoms with E-state index in [0.29, 0.717) is 0 Å². The maximum atomic E-state index is 10.9. The smallest absolute Gasteiger partial charge is 0.334 e. The lowest BCUT2D eigenvalue weighted by Gasteiger charge is -2.12. The van der Waals surface area contributed by atoms with Crippen LogP contribution in [0.1, 0.15) is 20.3 Å². The van der Waals surface area contributed by atoms with Crippen molar-refractivity contribution in [3.05, 3.63) is 12.2 Å². The van der Waals surface area contributed by atoms with E-state index in [1.807, 2.05) is 0 Å². The Labute approximate surface area is 81.9 Å². The van der Waals surface area contributed by atoms with Crippen molar-refractivity contribution in [2.75, 3.05) is 0 Å². The molecule has 0 aromatic rings. The van der Waals surface area contributed by atoms with Crippen molar-refractivity contribution in [3.8, 4) is 0 Å². The third-order valence-corrected chi connectivity index (χ3v) is 2.89. The number of esters is 1. The van der Waals surface area contributed by atoms with Gasteiger partial charge in [0.2, 0.25) is 5.44 Å². The van der Waals surface area contributed by atoms with Crippen LogP contribution in [0.25, 0.3) is 0 Å². The SMILES string of the molecule is C=C(C)C(=O)OC(CC)S(=O)(=O)Cl. The van der Waals surface area contributed by atoms with Crippen LogP contribution >= 0.6 is 10.7 Å². The first-order chi connectivity index (χ1) is 5.79. The van der Waals surface area contributed by atoms with Gasteiger partial charge in [-0.1, -0.05) is 13.5 Å². The molecule has 13 heavy (non-hydrogen) atoms. The van der Waals surface area contributed by atoms with E-state index < -0.39 is 20.5 Å². The molecule has 0 saturated heterocycles. The standard InChI is InChI=1S/C7H11ClO4S/c1-4-6(13(8,10)11)12-7(9)5(2)3/h6H,2,4H2,1,3H3. The predicted molar refractivity (Wildman–Crippen MR) is 49.8 cm³/mol. The van der Waals surface area contributed by atoms with Gasteiger partial charge in [0.1, 0.15) is 0 Å². The topological polar surface area (TPSA) is 60.4 Å². The first-order valence-electron chi connectivity index (χ1n) is 3.59. The van der Waals surface area contributed by atoms with E-state index in [-0.39, 0.29) is 12.0 Å². The average molecular weight is 227 g/mol. The summed E-state index contributed by atoms with van der Waals surface area (Å²) in [4.78, 5) is 10.9. The fourth-order valence-corrected chi connectivity index (χ4v) is 1.65. The van der Waals surface area contributed by atoms with Crippen LogP contribution in [-0.2, 0) is 18.6 Å². The first-order valence-corrected chi connectivity index (χ1v) is 5.96. The van der Waals surface area contributed by atoms with Crippen molar-refractivity contribution in [3.63, 3.8) is 0 Å². The highest BCUT2D eigenvalue weighted by Crippen LogP contribution is 2.13. The second-order valence-corrected chi connectivity index (χ2v) is 5.27. The Morgan fingerprint density at radius 1 is 1.62 bits per heavy atom. The highest BCUT2D eigenvalue weighted by atomic mass is 35.7. The predicted octanol–water partition coefficient (Wildman–Crippen LogP) is 1.41. The van der Waals surface area contributed by atoms with Gasteiger partial charge in [0.05, 0.1) is 0 Å². The Morgan fingerprint density at radius 2 is 2.08 bits per heavy atom. The minimum absolute atomic E-state index is 0.116. The van der Waals surface area contributed by atoms with Crippen LogP contribution < -0.4 is 0 Å². The van der Waals surface area contributed by atoms with Crippen LogP contribution in [0.4, 0.5) is 0 Å². The van der Waals surface area contributed by atoms with Crippen LogP contribution in [-0.4, -0.2) is 19.8 Å². The fraction of sp³-hybridized carbons (Fsp3) is 0.571. The van der Waals surface area contributed by atoms with Crippen molar-refractivity contribution in [2.24, 2.45) is 0 Å². The molecule has 0 aromatic heterocycles. The second-order valence-electron chi connectivity index (χ2n) is 2.50. The summed E-state index contributed by atoms with van der Waals surface area (Å²) in [6.07, 6.45) is 0.116. The van der Waals surface area contributed by atoms with E-state index in [4.69, 9.17) is 10.7 Å². The van der Waals surface area contributed by atoms with Gasteiger partial charge in [0, 0.05) is 16.3 Å². The lowest BCUT2D eigenvalue weighted by molar-refractivity contribution is -0.140. The van der Waals surface area contributed by atoms with Crippen LogP contribution in [0.5, 0.6) is 0 Å². The number of halogens is 1. The highest BCUT2D eigenvalue weighted by molar-refractivity contribution is 8.14. The third kappa shape index (κ3) is 4.28. The van der Waals surface area contributed by atoms with Crippen molar-refractivity contribution in [1.82, 2.24) is 0 Å². The maximum absolute atomic E-state index is 10.9. The number of ether oxygens (including phenoxy) is 1. The van der Waals surface area contributed by atoms with Gasteiger partial charge >= 0.3 is 5.97 Å². The van der Waals surface area contributed by atoms with E-state index in [9.17, 15) is 13.2 Å². The lowest BCUT2D eigenvalue weighted by Crippen LogP contribution is -2.23. The highest BCUT2D eigenvalue weighted by Gasteiger charge is 2.25. The van der Waals surface area contributed by atoms with E-state index in [2.05, 4.69) is 11.3 Å². The molecule has 0 aliphatic carbocycles. The Hall–Kier alpha value is -0.550. The number of rotatable bonds is 4. The quantitative estimate of drug-likeness (QED) is 0.413. The maximum Gasteiger partial charge on any atom is 0.334 e. The van der Waals surface area contributed by atoms with Gasteiger partial charge in [0.15, 0.2) is 0 Å². The molecule has 0 rings (SSSR count). The Kier molecular flexibility index (Phi) is 4.43. The monoisotopic (exact) mass is 226 g/mol. The van der Waals surface area contributed by atoms with Crippen LogP contribution in [0, 0.1) is 0 Å². The zero-order valence-corrected chi connectivity index (χ0v) is 8.98. The van der Waals surface area contributed by atoms with Gasteiger partial charge in [-0.25, -0.2) is 13.2 Å². The number of hydrogen-bond donors (Lipinski definition) is 0. The summed E-state index contributed by atoms with van der Waals surface area (Å²) in [7, 11) is 1.16. The van der Waals surface area contributed by atoms with Crippen molar-refractivity contribution in [1.29, 1.82) is 0 Å². The summed E-state index contributed by atoms with van der Waals surface area (Å²) in [5.74, 6) is -0.754. The molecule has 1 unspecified atom stereocenters. The average Bonchev–Trinajstić information content (AvgIpc) is 1.96. The molecule has 1 atom stereocenters. The lowest BCUT2D eigenvalue weighted by atomic mass is 10.4. The molecule has 76 valence electrons. The number of hydrogen-bond acceptors (Lipinski definition) is 4. The fourth-order valence-electron chi connectivity index (χ4n) is 0.560. The van der Waals surface area contributed by atoms with E-state index in [0.717, 1.165) is 0 Å². The van der Waals surface area contributed by atoms with E-state index in [1.165, 1.54) is 6.92 Å². The molecule has 0 heterocycles. The zero-order chi connectivity index (χ0) is 10.6. The molecule has 4 nitrogen and oxygen atoms in total. The van der Waals surface area contributed by atoms with Gasteiger partial charge in [-0.3, -0.25) is 0 Å². The van der Waals surface area contributed by atoms with Gasteiger partial charge < -0.3 is 4.74 Å². The van der Waals surface area contributed by atoms with Crippen molar-refractivity contribution >= 4 is 25.7 Å². The summed E-state index contributed by atoms with van der Waals surface area (Å²) >= 11 is 0. The van der Waals surface area contributed by atoms with Gasteiger partial charge in [-0.2, -0.15) is 0 Å². The summed E-state index contributed by atoms with van der Waals surface area (Å²) in [6, 6.07) is 0. The number of carbonyl (C=O) groups excluding carboxylic acids is 1. The van der Waals surface area contributed by atoms with Crippen molar-refractivity contribution in [2.45, 2.75) is 25.7 Å². The Morgan fingerprint density at radius 3 is 2.31 bits per heavy atom. The Bertz CT molecular complexity index is 306. The molecule has 0 aliphatic rings. The summed E-state index contributed by atoms with van der Waals surface area (Å²) in [5, 5.41) is 0. The Balaban J connectivity index is 4.49. The minimum atomic E-state index is -3.86. The molecular formula is C7H11ClO4S. The van der Waals surface area contributed by atoms with E-state index >= 15 is 0 Å². The molecule has 6 heteroatoms. The minimum Gasteiger partial charge on any atom is -0.441 e. The van der Waals surface area contributed by atoms with Crippen LogP contribution in [0.3, 0.4) is 0 Å².